The molecule has 3 N–H and O–H groups in total. The van der Waals surface area contributed by atoms with Crippen LogP contribution < -0.4 is 10.5 Å². The number of nitrogens with two attached hydrogens (primary N) is 1. The number of hydrogen-bond acceptors (Lipinski definition) is 5. The van der Waals surface area contributed by atoms with Crippen molar-refractivity contribution in [3.05, 3.63) is 41.8 Å². The Morgan fingerprint density at radius 1 is 1.11 bits per heavy atom. The first-order chi connectivity index (χ1) is 8.47. The molecule has 0 radical (unpaired) electrons. The van der Waals surface area contributed by atoms with Crippen LogP contribution in [0.3, 0.4) is 0 Å². The largest absolute Gasteiger partial charge is 0.399 e. The number of nitrogen functional groups attached to an aromatic ring is 1. The van der Waals surface area contributed by atoms with Crippen LogP contribution in [-0.2, 0) is 10.0 Å². The summed E-state index contributed by atoms with van der Waals surface area (Å²) in [5.74, 6) is 0.0937. The number of hydrogen-bond donors (Lipinski definition) is 2. The van der Waals surface area contributed by atoms with Crippen LogP contribution in [0.2, 0.25) is 5.15 Å². The standard InChI is InChI=1S/C10H9ClN4O2S/c11-9-5-14-10(6-13-9)15-18(16,17)8-3-1-7(12)2-4-8/h1-6H,12H2,(H,14,15). The highest BCUT2D eigenvalue weighted by atomic mass is 35.5. The van der Waals surface area contributed by atoms with E-state index in [2.05, 4.69) is 14.7 Å². The third kappa shape index (κ3) is 2.88. The lowest BCUT2D eigenvalue weighted by molar-refractivity contribution is 0.601. The van der Waals surface area contributed by atoms with Crippen molar-refractivity contribution in [1.82, 2.24) is 9.97 Å². The molecule has 8 heteroatoms. The summed E-state index contributed by atoms with van der Waals surface area (Å²) in [7, 11) is -3.69. The highest BCUT2D eigenvalue weighted by molar-refractivity contribution is 7.92. The van der Waals surface area contributed by atoms with Gasteiger partial charge in [0.05, 0.1) is 17.3 Å². The molecule has 18 heavy (non-hydrogen) atoms. The van der Waals surface area contributed by atoms with Gasteiger partial charge in [0.1, 0.15) is 5.15 Å². The molecule has 94 valence electrons. The molecule has 2 aromatic rings. The van der Waals surface area contributed by atoms with Crippen LogP contribution >= 0.6 is 11.6 Å². The number of rotatable bonds is 3. The second-order valence-electron chi connectivity index (χ2n) is 3.40. The Labute approximate surface area is 109 Å². The third-order valence-corrected chi connectivity index (χ3v) is 3.62. The predicted molar refractivity (Wildman–Crippen MR) is 68.7 cm³/mol. The average Bonchev–Trinajstić information content (AvgIpc) is 2.32. The molecule has 0 aliphatic rings. The monoisotopic (exact) mass is 284 g/mol. The van der Waals surface area contributed by atoms with Crippen molar-refractivity contribution < 1.29 is 8.42 Å². The van der Waals surface area contributed by atoms with Crippen LogP contribution in [0.5, 0.6) is 0 Å². The Bertz CT molecular complexity index is 641. The molecular formula is C10H9ClN4O2S. The first-order valence-electron chi connectivity index (χ1n) is 4.83. The average molecular weight is 285 g/mol. The minimum Gasteiger partial charge on any atom is -0.399 e. The normalized spacial score (nSPS) is 11.2. The van der Waals surface area contributed by atoms with Gasteiger partial charge < -0.3 is 5.73 Å². The SMILES string of the molecule is Nc1ccc(S(=O)(=O)Nc2cnc(Cl)cn2)cc1. The van der Waals surface area contributed by atoms with E-state index >= 15 is 0 Å². The van der Waals surface area contributed by atoms with Gasteiger partial charge >= 0.3 is 0 Å². The van der Waals surface area contributed by atoms with Gasteiger partial charge in [-0.25, -0.2) is 18.4 Å². The lowest BCUT2D eigenvalue weighted by Gasteiger charge is -2.06. The maximum atomic E-state index is 11.9. The van der Waals surface area contributed by atoms with E-state index in [1.165, 1.54) is 36.7 Å². The van der Waals surface area contributed by atoms with Gasteiger partial charge in [0.2, 0.25) is 0 Å². The number of halogens is 1. The van der Waals surface area contributed by atoms with Gasteiger partial charge in [0.25, 0.3) is 10.0 Å². The van der Waals surface area contributed by atoms with Crippen LogP contribution in [0, 0.1) is 0 Å². The highest BCUT2D eigenvalue weighted by Gasteiger charge is 2.14. The molecule has 0 fully saturated rings. The summed E-state index contributed by atoms with van der Waals surface area (Å²) >= 11 is 5.55. The lowest BCUT2D eigenvalue weighted by atomic mass is 10.3. The van der Waals surface area contributed by atoms with Crippen LogP contribution in [0.1, 0.15) is 0 Å². The van der Waals surface area contributed by atoms with Crippen molar-refractivity contribution in [2.45, 2.75) is 4.90 Å². The van der Waals surface area contributed by atoms with Crippen molar-refractivity contribution in [3.8, 4) is 0 Å². The molecule has 0 aliphatic heterocycles. The Morgan fingerprint density at radius 3 is 2.33 bits per heavy atom. The maximum absolute atomic E-state index is 11.9. The number of nitrogens with zero attached hydrogens (tertiary/aromatic N) is 2. The summed E-state index contributed by atoms with van der Waals surface area (Å²) in [4.78, 5) is 7.62. The number of aromatic nitrogens is 2. The highest BCUT2D eigenvalue weighted by Crippen LogP contribution is 2.15. The molecule has 1 heterocycles. The molecule has 0 atom stereocenters. The first kappa shape index (κ1) is 12.6. The Balaban J connectivity index is 2.27. The van der Waals surface area contributed by atoms with Crippen LogP contribution in [-0.4, -0.2) is 18.4 Å². The van der Waals surface area contributed by atoms with Gasteiger partial charge in [-0.05, 0) is 24.3 Å². The fourth-order valence-electron chi connectivity index (χ4n) is 1.21. The Hall–Kier alpha value is -1.86. The van der Waals surface area contributed by atoms with Crippen LogP contribution in [0.4, 0.5) is 11.5 Å². The van der Waals surface area contributed by atoms with E-state index in [0.29, 0.717) is 5.69 Å². The number of sulfonamides is 1. The minimum atomic E-state index is -3.69. The predicted octanol–water partition coefficient (Wildman–Crippen LogP) is 1.51. The zero-order chi connectivity index (χ0) is 13.2. The summed E-state index contributed by atoms with van der Waals surface area (Å²) in [6.45, 7) is 0. The molecule has 1 aromatic heterocycles. The smallest absolute Gasteiger partial charge is 0.263 e. The molecule has 1 aromatic carbocycles. The van der Waals surface area contributed by atoms with E-state index in [0.717, 1.165) is 0 Å². The zero-order valence-corrected chi connectivity index (χ0v) is 10.6. The summed E-state index contributed by atoms with van der Waals surface area (Å²) < 4.78 is 26.2. The fourth-order valence-corrected chi connectivity index (χ4v) is 2.30. The second kappa shape index (κ2) is 4.79. The number of nitrogens with one attached hydrogen (secondary N) is 1. The van der Waals surface area contributed by atoms with E-state index in [1.54, 1.807) is 0 Å². The molecule has 2 rings (SSSR count). The van der Waals surface area contributed by atoms with E-state index in [1.807, 2.05) is 0 Å². The van der Waals surface area contributed by atoms with E-state index in [9.17, 15) is 8.42 Å². The number of anilines is 2. The van der Waals surface area contributed by atoms with E-state index < -0.39 is 10.0 Å². The molecule has 0 bridgehead atoms. The van der Waals surface area contributed by atoms with E-state index in [4.69, 9.17) is 17.3 Å². The van der Waals surface area contributed by atoms with Crippen LogP contribution in [0.15, 0.2) is 41.6 Å². The first-order valence-corrected chi connectivity index (χ1v) is 6.69. The quantitative estimate of drug-likeness (QED) is 0.833. The van der Waals surface area contributed by atoms with Gasteiger partial charge in [-0.15, -0.1) is 0 Å². The molecule has 0 saturated carbocycles. The van der Waals surface area contributed by atoms with Gasteiger partial charge in [-0.3, -0.25) is 4.72 Å². The maximum Gasteiger partial charge on any atom is 0.263 e. The molecular weight excluding hydrogens is 276 g/mol. The molecule has 0 saturated heterocycles. The van der Waals surface area contributed by atoms with Crippen molar-refractivity contribution in [1.29, 1.82) is 0 Å². The van der Waals surface area contributed by atoms with Crippen molar-refractivity contribution in [3.63, 3.8) is 0 Å². The molecule has 0 unspecified atom stereocenters. The zero-order valence-electron chi connectivity index (χ0n) is 9.04. The lowest BCUT2D eigenvalue weighted by Crippen LogP contribution is -2.14. The topological polar surface area (TPSA) is 98.0 Å². The Kier molecular flexibility index (Phi) is 3.35. The van der Waals surface area contributed by atoms with Crippen molar-refractivity contribution in [2.75, 3.05) is 10.5 Å². The van der Waals surface area contributed by atoms with Crippen LogP contribution in [0.25, 0.3) is 0 Å². The van der Waals surface area contributed by atoms with Gasteiger partial charge in [0.15, 0.2) is 5.82 Å². The van der Waals surface area contributed by atoms with E-state index in [-0.39, 0.29) is 15.9 Å². The molecule has 0 aliphatic carbocycles. The molecule has 6 nitrogen and oxygen atoms in total. The van der Waals surface area contributed by atoms with Gasteiger partial charge in [-0.1, -0.05) is 11.6 Å². The van der Waals surface area contributed by atoms with Gasteiger partial charge in [-0.2, -0.15) is 0 Å². The number of benzene rings is 1. The third-order valence-electron chi connectivity index (χ3n) is 2.05. The van der Waals surface area contributed by atoms with Crippen molar-refractivity contribution in [2.24, 2.45) is 0 Å². The minimum absolute atomic E-state index is 0.0912. The fraction of sp³-hybridized carbons (Fsp3) is 0. The second-order valence-corrected chi connectivity index (χ2v) is 5.47. The van der Waals surface area contributed by atoms with Crippen molar-refractivity contribution >= 4 is 33.1 Å². The summed E-state index contributed by atoms with van der Waals surface area (Å²) in [5.41, 5.74) is 5.97. The summed E-state index contributed by atoms with van der Waals surface area (Å²) in [6.07, 6.45) is 2.49. The summed E-state index contributed by atoms with van der Waals surface area (Å²) in [5, 5.41) is 0.186. The Morgan fingerprint density at radius 2 is 1.78 bits per heavy atom. The molecule has 0 spiro atoms. The summed E-state index contributed by atoms with van der Waals surface area (Å²) in [6, 6.07) is 5.81. The van der Waals surface area contributed by atoms with Gasteiger partial charge in [0, 0.05) is 5.69 Å². The molecule has 0 amide bonds.